The maximum Gasteiger partial charge on any atom is 0.241 e. The van der Waals surface area contributed by atoms with Crippen LogP contribution in [0.1, 0.15) is 6.92 Å². The number of hydrogen-bond acceptors (Lipinski definition) is 4. The quantitative estimate of drug-likeness (QED) is 0.828. The molecule has 0 aliphatic heterocycles. The van der Waals surface area contributed by atoms with E-state index in [4.69, 9.17) is 4.74 Å². The van der Waals surface area contributed by atoms with Gasteiger partial charge in [0.25, 0.3) is 0 Å². The molecule has 0 bridgehead atoms. The average Bonchev–Trinajstić information content (AvgIpc) is 2.45. The van der Waals surface area contributed by atoms with Gasteiger partial charge in [-0.25, -0.2) is 13.1 Å². The molecule has 0 radical (unpaired) electrons. The van der Waals surface area contributed by atoms with Gasteiger partial charge in [-0.3, -0.25) is 4.98 Å². The molecule has 106 valence electrons. The van der Waals surface area contributed by atoms with Crippen LogP contribution in [0.25, 0.3) is 10.9 Å². The summed E-state index contributed by atoms with van der Waals surface area (Å²) in [6.07, 6.45) is 3.10. The fourth-order valence-electron chi connectivity index (χ4n) is 1.87. The highest BCUT2D eigenvalue weighted by molar-refractivity contribution is 7.89. The first-order chi connectivity index (χ1) is 9.60. The Morgan fingerprint density at radius 1 is 1.40 bits per heavy atom. The molecule has 1 aromatic carbocycles. The van der Waals surface area contributed by atoms with Gasteiger partial charge in [0.15, 0.2) is 0 Å². The number of ether oxygens (including phenoxy) is 1. The summed E-state index contributed by atoms with van der Waals surface area (Å²) in [4.78, 5) is 4.40. The topological polar surface area (TPSA) is 68.3 Å². The summed E-state index contributed by atoms with van der Waals surface area (Å²) in [5, 5.41) is 0.537. The summed E-state index contributed by atoms with van der Waals surface area (Å²) in [6.45, 7) is 6.04. The van der Waals surface area contributed by atoms with Crippen LogP contribution in [-0.4, -0.2) is 26.6 Å². The Labute approximate surface area is 118 Å². The predicted molar refractivity (Wildman–Crippen MR) is 78.3 cm³/mol. The SMILES string of the molecule is C=CCNS(=O)(=O)c1ccc(OCC)c2ncccc12. The van der Waals surface area contributed by atoms with Gasteiger partial charge >= 0.3 is 0 Å². The molecular formula is C14H16N2O3S. The van der Waals surface area contributed by atoms with Gasteiger partial charge in [-0.15, -0.1) is 6.58 Å². The highest BCUT2D eigenvalue weighted by atomic mass is 32.2. The van der Waals surface area contributed by atoms with Crippen molar-refractivity contribution in [1.82, 2.24) is 9.71 Å². The summed E-state index contributed by atoms with van der Waals surface area (Å²) in [5.41, 5.74) is 0.538. The van der Waals surface area contributed by atoms with Crippen LogP contribution >= 0.6 is 0 Å². The molecule has 6 heteroatoms. The number of nitrogens with zero attached hydrogens (tertiary/aromatic N) is 1. The van der Waals surface area contributed by atoms with Gasteiger partial charge in [-0.2, -0.15) is 0 Å². The molecule has 2 rings (SSSR count). The standard InChI is InChI=1S/C14H16N2O3S/c1-3-9-16-20(17,18)13-8-7-12(19-4-2)14-11(13)6-5-10-15-14/h3,5-8,10,16H,1,4,9H2,2H3. The predicted octanol–water partition coefficient (Wildman–Crippen LogP) is 2.10. The van der Waals surface area contributed by atoms with E-state index in [1.165, 1.54) is 12.1 Å². The van der Waals surface area contributed by atoms with E-state index in [1.54, 1.807) is 24.4 Å². The first-order valence-electron chi connectivity index (χ1n) is 6.21. The molecule has 0 fully saturated rings. The molecule has 0 saturated carbocycles. The molecule has 20 heavy (non-hydrogen) atoms. The lowest BCUT2D eigenvalue weighted by molar-refractivity contribution is 0.343. The van der Waals surface area contributed by atoms with Crippen LogP contribution in [0.3, 0.4) is 0 Å². The van der Waals surface area contributed by atoms with Crippen LogP contribution in [0.5, 0.6) is 5.75 Å². The van der Waals surface area contributed by atoms with E-state index in [0.717, 1.165) is 0 Å². The second-order valence-electron chi connectivity index (χ2n) is 4.03. The molecule has 1 heterocycles. The van der Waals surface area contributed by atoms with Gasteiger partial charge in [-0.1, -0.05) is 6.08 Å². The van der Waals surface area contributed by atoms with E-state index in [1.807, 2.05) is 6.92 Å². The molecule has 5 nitrogen and oxygen atoms in total. The minimum atomic E-state index is -3.60. The molecule has 0 atom stereocenters. The molecule has 0 saturated heterocycles. The highest BCUT2D eigenvalue weighted by Crippen LogP contribution is 2.29. The second kappa shape index (κ2) is 6.02. The van der Waals surface area contributed by atoms with E-state index in [0.29, 0.717) is 23.3 Å². The fraction of sp³-hybridized carbons (Fsp3) is 0.214. The average molecular weight is 292 g/mol. The largest absolute Gasteiger partial charge is 0.492 e. The molecule has 0 amide bonds. The molecular weight excluding hydrogens is 276 g/mol. The van der Waals surface area contributed by atoms with Crippen molar-refractivity contribution in [3.8, 4) is 5.75 Å². The number of fused-ring (bicyclic) bond motifs is 1. The molecule has 0 spiro atoms. The third-order valence-corrected chi connectivity index (χ3v) is 4.18. The van der Waals surface area contributed by atoms with Crippen molar-refractivity contribution >= 4 is 20.9 Å². The number of benzene rings is 1. The maximum absolute atomic E-state index is 12.2. The van der Waals surface area contributed by atoms with E-state index in [9.17, 15) is 8.42 Å². The van der Waals surface area contributed by atoms with E-state index in [-0.39, 0.29) is 11.4 Å². The Hall–Kier alpha value is -1.92. The minimum absolute atomic E-state index is 0.178. The van der Waals surface area contributed by atoms with Crippen molar-refractivity contribution < 1.29 is 13.2 Å². The monoisotopic (exact) mass is 292 g/mol. The zero-order valence-corrected chi connectivity index (χ0v) is 12.0. The van der Waals surface area contributed by atoms with Crippen LogP contribution in [-0.2, 0) is 10.0 Å². The Kier molecular flexibility index (Phi) is 4.36. The summed E-state index contributed by atoms with van der Waals surface area (Å²) >= 11 is 0. The minimum Gasteiger partial charge on any atom is -0.492 e. The Morgan fingerprint density at radius 2 is 2.20 bits per heavy atom. The summed E-state index contributed by atoms with van der Waals surface area (Å²) in [5.74, 6) is 0.575. The number of nitrogens with one attached hydrogen (secondary N) is 1. The van der Waals surface area contributed by atoms with Gasteiger partial charge in [0.2, 0.25) is 10.0 Å². The summed E-state index contributed by atoms with van der Waals surface area (Å²) in [6, 6.07) is 6.57. The lowest BCUT2D eigenvalue weighted by atomic mass is 10.2. The van der Waals surface area contributed by atoms with Crippen LogP contribution in [0.2, 0.25) is 0 Å². The van der Waals surface area contributed by atoms with Crippen LogP contribution in [0.15, 0.2) is 48.0 Å². The number of sulfonamides is 1. The molecule has 0 aliphatic rings. The first-order valence-corrected chi connectivity index (χ1v) is 7.69. The number of hydrogen-bond donors (Lipinski definition) is 1. The highest BCUT2D eigenvalue weighted by Gasteiger charge is 2.18. The lowest BCUT2D eigenvalue weighted by Crippen LogP contribution is -2.23. The number of aromatic nitrogens is 1. The van der Waals surface area contributed by atoms with E-state index < -0.39 is 10.0 Å². The van der Waals surface area contributed by atoms with Crippen molar-refractivity contribution in [2.75, 3.05) is 13.2 Å². The molecule has 1 aromatic heterocycles. The van der Waals surface area contributed by atoms with E-state index in [2.05, 4.69) is 16.3 Å². The molecule has 1 N–H and O–H groups in total. The molecule has 0 unspecified atom stereocenters. The van der Waals surface area contributed by atoms with Gasteiger partial charge in [-0.05, 0) is 31.2 Å². The maximum atomic E-state index is 12.2. The first kappa shape index (κ1) is 14.5. The van der Waals surface area contributed by atoms with Crippen molar-refractivity contribution in [2.24, 2.45) is 0 Å². The normalized spacial score (nSPS) is 11.4. The Balaban J connectivity index is 2.61. The zero-order valence-electron chi connectivity index (χ0n) is 11.2. The van der Waals surface area contributed by atoms with Crippen molar-refractivity contribution in [3.05, 3.63) is 43.1 Å². The van der Waals surface area contributed by atoms with E-state index >= 15 is 0 Å². The summed E-state index contributed by atoms with van der Waals surface area (Å²) < 4.78 is 32.4. The number of rotatable bonds is 6. The Morgan fingerprint density at radius 3 is 2.90 bits per heavy atom. The molecule has 2 aromatic rings. The second-order valence-corrected chi connectivity index (χ2v) is 5.77. The third-order valence-electron chi connectivity index (χ3n) is 2.70. The van der Waals surface area contributed by atoms with Gasteiger partial charge in [0.05, 0.1) is 11.5 Å². The summed E-state index contributed by atoms with van der Waals surface area (Å²) in [7, 11) is -3.60. The van der Waals surface area contributed by atoms with Crippen LogP contribution in [0.4, 0.5) is 0 Å². The number of pyridine rings is 1. The van der Waals surface area contributed by atoms with Crippen molar-refractivity contribution in [2.45, 2.75) is 11.8 Å². The van der Waals surface area contributed by atoms with Gasteiger partial charge in [0, 0.05) is 18.1 Å². The van der Waals surface area contributed by atoms with Gasteiger partial charge < -0.3 is 4.74 Å². The van der Waals surface area contributed by atoms with Crippen molar-refractivity contribution in [3.63, 3.8) is 0 Å². The lowest BCUT2D eigenvalue weighted by Gasteiger charge is -2.11. The zero-order chi connectivity index (χ0) is 14.6. The van der Waals surface area contributed by atoms with Gasteiger partial charge in [0.1, 0.15) is 11.3 Å². The van der Waals surface area contributed by atoms with Crippen molar-refractivity contribution in [1.29, 1.82) is 0 Å². The van der Waals surface area contributed by atoms with Crippen LogP contribution in [0, 0.1) is 0 Å². The molecule has 0 aliphatic carbocycles. The third kappa shape index (κ3) is 2.81. The van der Waals surface area contributed by atoms with Crippen LogP contribution < -0.4 is 9.46 Å². The fourth-order valence-corrected chi connectivity index (χ4v) is 3.07. The smallest absolute Gasteiger partial charge is 0.241 e. The Bertz CT molecular complexity index is 726.